The minimum atomic E-state index is 0.665. The van der Waals surface area contributed by atoms with Gasteiger partial charge in [0.2, 0.25) is 0 Å². The molecule has 5 nitrogen and oxygen atoms in total. The van der Waals surface area contributed by atoms with Gasteiger partial charge >= 0.3 is 0 Å². The average Bonchev–Trinajstić information content (AvgIpc) is 3.69. The molecule has 5 heteroatoms. The van der Waals surface area contributed by atoms with Gasteiger partial charge in [0.15, 0.2) is 11.6 Å². The number of rotatable bonds is 8. The monoisotopic (exact) mass is 779 g/mol. The summed E-state index contributed by atoms with van der Waals surface area (Å²) in [6.07, 6.45) is 0. The van der Waals surface area contributed by atoms with Crippen molar-refractivity contribution in [3.05, 3.63) is 224 Å². The van der Waals surface area contributed by atoms with Crippen LogP contribution in [0.5, 0.6) is 0 Å². The Morgan fingerprint density at radius 3 is 1.11 bits per heavy atom. The molecule has 11 rings (SSSR count). The van der Waals surface area contributed by atoms with E-state index in [1.54, 1.807) is 0 Å². The maximum absolute atomic E-state index is 5.29. The standard InChI is InChI=1S/C56H37N5/c1-4-17-38(18-5-1)49-36-51(59-55(57-49)40-21-8-3-9-22-40)43-25-14-23-41(33-43)42-24-15-26-44(34-42)52-37-50(39-19-6-2-7-20-39)58-56(60-52)45-27-16-28-46(35-45)61-53-31-12-10-29-47(53)48-30-11-13-32-54(48)61/h1-37H. The van der Waals surface area contributed by atoms with Crippen LogP contribution >= 0.6 is 0 Å². The van der Waals surface area contributed by atoms with E-state index in [0.29, 0.717) is 11.6 Å². The van der Waals surface area contributed by atoms with Gasteiger partial charge in [0.1, 0.15) is 0 Å². The molecule has 0 aliphatic rings. The van der Waals surface area contributed by atoms with Crippen molar-refractivity contribution in [2.45, 2.75) is 0 Å². The molecule has 61 heavy (non-hydrogen) atoms. The third kappa shape index (κ3) is 6.94. The summed E-state index contributed by atoms with van der Waals surface area (Å²) in [6.45, 7) is 0. The second-order valence-electron chi connectivity index (χ2n) is 15.1. The maximum Gasteiger partial charge on any atom is 0.160 e. The number of hydrogen-bond acceptors (Lipinski definition) is 4. The molecule has 0 N–H and O–H groups in total. The predicted octanol–water partition coefficient (Wildman–Crippen LogP) is 14.0. The summed E-state index contributed by atoms with van der Waals surface area (Å²) >= 11 is 0. The van der Waals surface area contributed by atoms with Gasteiger partial charge < -0.3 is 4.57 Å². The number of fused-ring (bicyclic) bond motifs is 3. The highest BCUT2D eigenvalue weighted by molar-refractivity contribution is 6.09. The summed E-state index contributed by atoms with van der Waals surface area (Å²) in [7, 11) is 0. The van der Waals surface area contributed by atoms with Gasteiger partial charge in [-0.3, -0.25) is 0 Å². The van der Waals surface area contributed by atoms with Gasteiger partial charge in [-0.2, -0.15) is 0 Å². The van der Waals surface area contributed by atoms with Crippen molar-refractivity contribution >= 4 is 21.8 Å². The second kappa shape index (κ2) is 15.5. The lowest BCUT2D eigenvalue weighted by Gasteiger charge is -2.13. The van der Waals surface area contributed by atoms with Crippen LogP contribution in [0, 0.1) is 0 Å². The number of aromatic nitrogens is 5. The Balaban J connectivity index is 1.00. The van der Waals surface area contributed by atoms with Crippen LogP contribution in [0.4, 0.5) is 0 Å². The fourth-order valence-corrected chi connectivity index (χ4v) is 8.25. The van der Waals surface area contributed by atoms with Crippen LogP contribution in [0.15, 0.2) is 224 Å². The summed E-state index contributed by atoms with van der Waals surface area (Å²) in [5.41, 5.74) is 15.0. The van der Waals surface area contributed by atoms with Gasteiger partial charge in [0, 0.05) is 49.8 Å². The largest absolute Gasteiger partial charge is 0.309 e. The molecule has 0 radical (unpaired) electrons. The Hall–Kier alpha value is -8.28. The Morgan fingerprint density at radius 1 is 0.246 bits per heavy atom. The van der Waals surface area contributed by atoms with E-state index in [1.165, 1.54) is 10.8 Å². The molecule has 0 aliphatic heterocycles. The quantitative estimate of drug-likeness (QED) is 0.154. The van der Waals surface area contributed by atoms with Crippen LogP contribution in [-0.4, -0.2) is 24.5 Å². The molecule has 0 saturated heterocycles. The molecule has 0 fully saturated rings. The smallest absolute Gasteiger partial charge is 0.160 e. The summed E-state index contributed by atoms with van der Waals surface area (Å²) in [5, 5.41) is 2.45. The zero-order valence-electron chi connectivity index (χ0n) is 33.1. The molecule has 0 amide bonds. The van der Waals surface area contributed by atoms with Crippen LogP contribution in [0.25, 0.3) is 106 Å². The van der Waals surface area contributed by atoms with Gasteiger partial charge in [-0.1, -0.05) is 176 Å². The first-order valence-corrected chi connectivity index (χ1v) is 20.5. The molecule has 0 saturated carbocycles. The molecule has 0 unspecified atom stereocenters. The van der Waals surface area contributed by atoms with E-state index < -0.39 is 0 Å². The van der Waals surface area contributed by atoms with Gasteiger partial charge in [0.05, 0.1) is 33.8 Å². The first kappa shape index (κ1) is 35.8. The predicted molar refractivity (Wildman–Crippen MR) is 250 cm³/mol. The lowest BCUT2D eigenvalue weighted by atomic mass is 9.98. The molecule has 3 heterocycles. The summed E-state index contributed by atoms with van der Waals surface area (Å²) in [6, 6.07) is 77.9. The Morgan fingerprint density at radius 2 is 0.607 bits per heavy atom. The molecule has 3 aromatic heterocycles. The van der Waals surface area contributed by atoms with Gasteiger partial charge in [0.25, 0.3) is 0 Å². The van der Waals surface area contributed by atoms with Gasteiger partial charge in [-0.05, 0) is 59.7 Å². The number of nitrogens with zero attached hydrogens (tertiary/aromatic N) is 5. The van der Waals surface area contributed by atoms with Crippen molar-refractivity contribution < 1.29 is 0 Å². The van der Waals surface area contributed by atoms with Crippen LogP contribution in [0.3, 0.4) is 0 Å². The van der Waals surface area contributed by atoms with E-state index in [9.17, 15) is 0 Å². The molecule has 11 aromatic rings. The molecule has 0 spiro atoms. The highest BCUT2D eigenvalue weighted by Crippen LogP contribution is 2.36. The van der Waals surface area contributed by atoms with E-state index in [-0.39, 0.29) is 0 Å². The van der Waals surface area contributed by atoms with E-state index in [0.717, 1.165) is 84.0 Å². The van der Waals surface area contributed by atoms with Crippen molar-refractivity contribution in [3.63, 3.8) is 0 Å². The summed E-state index contributed by atoms with van der Waals surface area (Å²) in [5.74, 6) is 1.36. The molecular formula is C56H37N5. The fourth-order valence-electron chi connectivity index (χ4n) is 8.25. The second-order valence-corrected chi connectivity index (χ2v) is 15.1. The van der Waals surface area contributed by atoms with Crippen molar-refractivity contribution in [1.82, 2.24) is 24.5 Å². The van der Waals surface area contributed by atoms with E-state index in [1.807, 2.05) is 42.5 Å². The SMILES string of the molecule is c1ccc(-c2cc(-c3cccc(-c4cccc(-c5cc(-c6ccccc6)nc(-c6cccc(-n7c8ccccc8c8ccccc87)c6)n5)c4)c3)nc(-c3ccccc3)n2)cc1. The highest BCUT2D eigenvalue weighted by Gasteiger charge is 2.16. The zero-order valence-corrected chi connectivity index (χ0v) is 33.1. The lowest BCUT2D eigenvalue weighted by Crippen LogP contribution is -1.98. The molecule has 8 aromatic carbocycles. The number of para-hydroxylation sites is 2. The van der Waals surface area contributed by atoms with Crippen LogP contribution < -0.4 is 0 Å². The third-order valence-corrected chi connectivity index (χ3v) is 11.2. The van der Waals surface area contributed by atoms with Crippen molar-refractivity contribution in [3.8, 4) is 84.6 Å². The van der Waals surface area contributed by atoms with Crippen molar-refractivity contribution in [2.24, 2.45) is 0 Å². The van der Waals surface area contributed by atoms with Gasteiger partial charge in [-0.25, -0.2) is 19.9 Å². The van der Waals surface area contributed by atoms with Crippen molar-refractivity contribution in [2.75, 3.05) is 0 Å². The zero-order chi connectivity index (χ0) is 40.5. The minimum Gasteiger partial charge on any atom is -0.309 e. The van der Waals surface area contributed by atoms with Crippen molar-refractivity contribution in [1.29, 1.82) is 0 Å². The third-order valence-electron chi connectivity index (χ3n) is 11.2. The molecule has 0 bridgehead atoms. The van der Waals surface area contributed by atoms with E-state index in [2.05, 4.69) is 187 Å². The average molecular weight is 780 g/mol. The first-order chi connectivity index (χ1) is 30.2. The molecular weight excluding hydrogens is 743 g/mol. The Labute approximate surface area is 354 Å². The minimum absolute atomic E-state index is 0.665. The fraction of sp³-hybridized carbons (Fsp3) is 0. The van der Waals surface area contributed by atoms with E-state index >= 15 is 0 Å². The summed E-state index contributed by atoms with van der Waals surface area (Å²) in [4.78, 5) is 20.6. The van der Waals surface area contributed by atoms with Crippen LogP contribution in [0.2, 0.25) is 0 Å². The first-order valence-electron chi connectivity index (χ1n) is 20.5. The highest BCUT2D eigenvalue weighted by atomic mass is 15.0. The molecule has 286 valence electrons. The topological polar surface area (TPSA) is 56.5 Å². The molecule has 0 atom stereocenters. The normalized spacial score (nSPS) is 11.3. The number of benzene rings is 8. The Bertz CT molecular complexity index is 3250. The van der Waals surface area contributed by atoms with Crippen LogP contribution in [-0.2, 0) is 0 Å². The summed E-state index contributed by atoms with van der Waals surface area (Å²) < 4.78 is 2.33. The van der Waals surface area contributed by atoms with Crippen LogP contribution in [0.1, 0.15) is 0 Å². The Kier molecular flexibility index (Phi) is 9.10. The van der Waals surface area contributed by atoms with Gasteiger partial charge in [-0.15, -0.1) is 0 Å². The number of hydrogen-bond donors (Lipinski definition) is 0. The molecule has 0 aliphatic carbocycles. The van der Waals surface area contributed by atoms with E-state index in [4.69, 9.17) is 19.9 Å². The maximum atomic E-state index is 5.29. The lowest BCUT2D eigenvalue weighted by molar-refractivity contribution is 1.16.